The van der Waals surface area contributed by atoms with E-state index in [1.807, 2.05) is 6.07 Å². The van der Waals surface area contributed by atoms with Crippen molar-refractivity contribution < 1.29 is 9.52 Å². The molecule has 0 aliphatic carbocycles. The van der Waals surface area contributed by atoms with Gasteiger partial charge in [-0.15, -0.1) is 0 Å². The Kier molecular flexibility index (Phi) is 4.02. The fraction of sp³-hybridized carbons (Fsp3) is 0.692. The van der Waals surface area contributed by atoms with Gasteiger partial charge >= 0.3 is 0 Å². The summed E-state index contributed by atoms with van der Waals surface area (Å²) in [7, 11) is 0. The van der Waals surface area contributed by atoms with Crippen LogP contribution in [0.4, 0.5) is 0 Å². The maximum atomic E-state index is 9.32. The lowest BCUT2D eigenvalue weighted by Gasteiger charge is -2.33. The molecular formula is C13H21NO2. The first kappa shape index (κ1) is 11.7. The average molecular weight is 223 g/mol. The van der Waals surface area contributed by atoms with Crippen molar-refractivity contribution >= 4 is 0 Å². The molecule has 2 heterocycles. The number of aliphatic hydroxyl groups excluding tert-OH is 1. The van der Waals surface area contributed by atoms with Crippen molar-refractivity contribution in [1.82, 2.24) is 4.90 Å². The van der Waals surface area contributed by atoms with Crippen LogP contribution in [0.3, 0.4) is 0 Å². The van der Waals surface area contributed by atoms with E-state index < -0.39 is 0 Å². The summed E-state index contributed by atoms with van der Waals surface area (Å²) in [4.78, 5) is 2.34. The second-order valence-corrected chi connectivity index (χ2v) is 4.52. The van der Waals surface area contributed by atoms with Crippen LogP contribution in [0.1, 0.15) is 37.7 Å². The van der Waals surface area contributed by atoms with Crippen molar-refractivity contribution in [3.05, 3.63) is 23.7 Å². The number of hydrogen-bond acceptors (Lipinski definition) is 3. The minimum atomic E-state index is 0.265. The fourth-order valence-electron chi connectivity index (χ4n) is 2.37. The Morgan fingerprint density at radius 1 is 1.38 bits per heavy atom. The molecule has 1 saturated heterocycles. The number of rotatable bonds is 4. The normalized spacial score (nSPS) is 22.5. The lowest BCUT2D eigenvalue weighted by Crippen LogP contribution is -2.41. The van der Waals surface area contributed by atoms with Gasteiger partial charge < -0.3 is 9.52 Å². The van der Waals surface area contributed by atoms with Crippen LogP contribution in [0.25, 0.3) is 0 Å². The Morgan fingerprint density at radius 2 is 2.19 bits per heavy atom. The van der Waals surface area contributed by atoms with Crippen molar-refractivity contribution in [2.75, 3.05) is 13.2 Å². The molecule has 0 radical (unpaired) electrons. The Balaban J connectivity index is 1.96. The number of likely N-dealkylation sites (tertiary alicyclic amines) is 1. The van der Waals surface area contributed by atoms with Gasteiger partial charge in [0.05, 0.1) is 13.2 Å². The predicted octanol–water partition coefficient (Wildman–Crippen LogP) is 2.19. The Hall–Kier alpha value is -0.800. The van der Waals surface area contributed by atoms with Gasteiger partial charge in [-0.25, -0.2) is 0 Å². The van der Waals surface area contributed by atoms with E-state index in [4.69, 9.17) is 4.42 Å². The Labute approximate surface area is 97.1 Å². The molecule has 0 saturated carbocycles. The zero-order chi connectivity index (χ0) is 11.4. The van der Waals surface area contributed by atoms with Gasteiger partial charge in [-0.1, -0.05) is 13.3 Å². The van der Waals surface area contributed by atoms with Gasteiger partial charge in [-0.3, -0.25) is 4.90 Å². The minimum absolute atomic E-state index is 0.265. The monoisotopic (exact) mass is 223 g/mol. The van der Waals surface area contributed by atoms with E-state index in [0.29, 0.717) is 6.04 Å². The smallest absolute Gasteiger partial charge is 0.118 e. The molecule has 1 atom stereocenters. The SMILES string of the molecule is CCc1ccc(CN2CCCCC2CO)o1. The van der Waals surface area contributed by atoms with E-state index in [9.17, 15) is 5.11 Å². The van der Waals surface area contributed by atoms with E-state index in [-0.39, 0.29) is 6.61 Å². The summed E-state index contributed by atoms with van der Waals surface area (Å²) in [6.45, 7) is 4.28. The summed E-state index contributed by atoms with van der Waals surface area (Å²) in [6.07, 6.45) is 4.53. The molecule has 1 aromatic heterocycles. The number of aliphatic hydroxyl groups is 1. The standard InChI is InChI=1S/C13H21NO2/c1-2-12-6-7-13(16-12)9-14-8-4-3-5-11(14)10-15/h6-7,11,15H,2-5,8-10H2,1H3. The average Bonchev–Trinajstić information content (AvgIpc) is 2.77. The first-order chi connectivity index (χ1) is 7.83. The molecule has 0 amide bonds. The molecule has 3 heteroatoms. The van der Waals surface area contributed by atoms with Crippen molar-refractivity contribution in [1.29, 1.82) is 0 Å². The molecule has 0 bridgehead atoms. The highest BCUT2D eigenvalue weighted by Crippen LogP contribution is 2.20. The van der Waals surface area contributed by atoms with E-state index in [1.165, 1.54) is 12.8 Å². The van der Waals surface area contributed by atoms with Crippen LogP contribution in [0.15, 0.2) is 16.5 Å². The first-order valence-electron chi connectivity index (χ1n) is 6.26. The summed E-state index contributed by atoms with van der Waals surface area (Å²) in [5.74, 6) is 2.07. The third kappa shape index (κ3) is 2.66. The van der Waals surface area contributed by atoms with Gasteiger partial charge in [0, 0.05) is 12.5 Å². The summed E-state index contributed by atoms with van der Waals surface area (Å²) in [6, 6.07) is 4.43. The summed E-state index contributed by atoms with van der Waals surface area (Å²) < 4.78 is 5.71. The maximum absolute atomic E-state index is 9.32. The summed E-state index contributed by atoms with van der Waals surface area (Å²) >= 11 is 0. The minimum Gasteiger partial charge on any atom is -0.465 e. The highest BCUT2D eigenvalue weighted by atomic mass is 16.3. The van der Waals surface area contributed by atoms with Crippen LogP contribution in [0.5, 0.6) is 0 Å². The van der Waals surface area contributed by atoms with Crippen LogP contribution in [0.2, 0.25) is 0 Å². The summed E-state index contributed by atoms with van der Waals surface area (Å²) in [5, 5.41) is 9.32. The molecule has 90 valence electrons. The number of furan rings is 1. The molecule has 0 spiro atoms. The molecule has 2 rings (SSSR count). The van der Waals surface area contributed by atoms with Gasteiger partial charge in [0.15, 0.2) is 0 Å². The second kappa shape index (κ2) is 5.51. The Morgan fingerprint density at radius 3 is 2.88 bits per heavy atom. The van der Waals surface area contributed by atoms with Gasteiger partial charge in [0.25, 0.3) is 0 Å². The zero-order valence-electron chi connectivity index (χ0n) is 9.98. The largest absolute Gasteiger partial charge is 0.465 e. The van der Waals surface area contributed by atoms with E-state index >= 15 is 0 Å². The van der Waals surface area contributed by atoms with Crippen molar-refractivity contribution in [2.45, 2.75) is 45.2 Å². The van der Waals surface area contributed by atoms with Crippen molar-refractivity contribution in [3.8, 4) is 0 Å². The molecule has 1 fully saturated rings. The number of aryl methyl sites for hydroxylation is 1. The number of hydrogen-bond donors (Lipinski definition) is 1. The second-order valence-electron chi connectivity index (χ2n) is 4.52. The van der Waals surface area contributed by atoms with Crippen molar-refractivity contribution in [3.63, 3.8) is 0 Å². The zero-order valence-corrected chi connectivity index (χ0v) is 9.98. The molecule has 1 N–H and O–H groups in total. The molecule has 1 aromatic rings. The molecule has 1 aliphatic heterocycles. The first-order valence-corrected chi connectivity index (χ1v) is 6.26. The van der Waals surface area contributed by atoms with Gasteiger partial charge in [0.1, 0.15) is 11.5 Å². The van der Waals surface area contributed by atoms with Gasteiger partial charge in [-0.05, 0) is 31.5 Å². The molecule has 0 aromatic carbocycles. The molecule has 1 unspecified atom stereocenters. The van der Waals surface area contributed by atoms with Crippen LogP contribution < -0.4 is 0 Å². The number of piperidine rings is 1. The number of nitrogens with zero attached hydrogens (tertiary/aromatic N) is 1. The lowest BCUT2D eigenvalue weighted by molar-refractivity contribution is 0.0780. The van der Waals surface area contributed by atoms with Gasteiger partial charge in [-0.2, -0.15) is 0 Å². The molecule has 16 heavy (non-hydrogen) atoms. The quantitative estimate of drug-likeness (QED) is 0.850. The summed E-state index contributed by atoms with van der Waals surface area (Å²) in [5.41, 5.74) is 0. The predicted molar refractivity (Wildman–Crippen MR) is 63.2 cm³/mol. The van der Waals surface area contributed by atoms with Crippen LogP contribution >= 0.6 is 0 Å². The topological polar surface area (TPSA) is 36.6 Å². The Bertz CT molecular complexity index is 321. The maximum Gasteiger partial charge on any atom is 0.118 e. The van der Waals surface area contributed by atoms with E-state index in [1.54, 1.807) is 0 Å². The van der Waals surface area contributed by atoms with Crippen LogP contribution in [0, 0.1) is 0 Å². The van der Waals surface area contributed by atoms with Crippen LogP contribution in [-0.4, -0.2) is 29.2 Å². The third-order valence-electron chi connectivity index (χ3n) is 3.38. The van der Waals surface area contributed by atoms with E-state index in [0.717, 1.165) is 37.5 Å². The van der Waals surface area contributed by atoms with Gasteiger partial charge in [0.2, 0.25) is 0 Å². The lowest BCUT2D eigenvalue weighted by atomic mass is 10.0. The third-order valence-corrected chi connectivity index (χ3v) is 3.38. The van der Waals surface area contributed by atoms with E-state index in [2.05, 4.69) is 17.9 Å². The highest BCUT2D eigenvalue weighted by molar-refractivity contribution is 5.07. The fourth-order valence-corrected chi connectivity index (χ4v) is 2.37. The molecular weight excluding hydrogens is 202 g/mol. The molecule has 3 nitrogen and oxygen atoms in total. The highest BCUT2D eigenvalue weighted by Gasteiger charge is 2.22. The van der Waals surface area contributed by atoms with Crippen molar-refractivity contribution in [2.24, 2.45) is 0 Å². The van der Waals surface area contributed by atoms with Crippen LogP contribution in [-0.2, 0) is 13.0 Å². The molecule has 1 aliphatic rings.